The van der Waals surface area contributed by atoms with Gasteiger partial charge in [-0.25, -0.2) is 4.79 Å². The third-order valence-electron chi connectivity index (χ3n) is 3.86. The third kappa shape index (κ3) is 2.63. The first-order valence-electron chi connectivity index (χ1n) is 6.95. The average molecular weight is 273 g/mol. The fourth-order valence-electron chi connectivity index (χ4n) is 2.57. The first-order valence-corrected chi connectivity index (χ1v) is 6.95. The molecule has 2 atom stereocenters. The monoisotopic (exact) mass is 273 g/mol. The summed E-state index contributed by atoms with van der Waals surface area (Å²) in [5.74, 6) is 0.571. The lowest BCUT2D eigenvalue weighted by Crippen LogP contribution is -2.26. The van der Waals surface area contributed by atoms with Crippen molar-refractivity contribution in [2.45, 2.75) is 19.4 Å². The zero-order chi connectivity index (χ0) is 13.9. The summed E-state index contributed by atoms with van der Waals surface area (Å²) >= 11 is 0. The maximum atomic E-state index is 11.5. The molecule has 0 amide bonds. The summed E-state index contributed by atoms with van der Waals surface area (Å²) in [6, 6.07) is 8.27. The van der Waals surface area contributed by atoms with Gasteiger partial charge in [0.1, 0.15) is 0 Å². The van der Waals surface area contributed by atoms with Crippen LogP contribution in [0.15, 0.2) is 41.5 Å². The van der Waals surface area contributed by atoms with Crippen LogP contribution >= 0.6 is 0 Å². The van der Waals surface area contributed by atoms with E-state index in [1.807, 2.05) is 24.3 Å². The van der Waals surface area contributed by atoms with Crippen molar-refractivity contribution in [2.75, 3.05) is 18.5 Å². The van der Waals surface area contributed by atoms with Gasteiger partial charge in [0.05, 0.1) is 12.3 Å². The fourth-order valence-corrected chi connectivity index (χ4v) is 2.57. The maximum Gasteiger partial charge on any atom is 0.330 e. The van der Waals surface area contributed by atoms with Crippen LogP contribution in [0.1, 0.15) is 13.3 Å². The number of anilines is 1. The van der Waals surface area contributed by atoms with E-state index >= 15 is 0 Å². The number of aromatic amines is 1. The molecular weight excluding hydrogens is 254 g/mol. The van der Waals surface area contributed by atoms with Crippen molar-refractivity contribution in [3.8, 4) is 5.69 Å². The van der Waals surface area contributed by atoms with Crippen LogP contribution < -0.4 is 11.0 Å². The molecule has 1 fully saturated rings. The molecule has 0 aliphatic carbocycles. The second-order valence-corrected chi connectivity index (χ2v) is 5.24. The predicted molar refractivity (Wildman–Crippen MR) is 78.4 cm³/mol. The molecule has 0 saturated carbocycles. The summed E-state index contributed by atoms with van der Waals surface area (Å²) in [6.45, 7) is 3.89. The van der Waals surface area contributed by atoms with Crippen molar-refractivity contribution >= 4 is 5.69 Å². The van der Waals surface area contributed by atoms with Crippen molar-refractivity contribution in [3.05, 3.63) is 47.1 Å². The Morgan fingerprint density at radius 1 is 1.40 bits per heavy atom. The summed E-state index contributed by atoms with van der Waals surface area (Å²) in [6.07, 6.45) is 4.48. The van der Waals surface area contributed by atoms with Gasteiger partial charge >= 0.3 is 5.69 Å². The Bertz CT molecular complexity index is 609. The van der Waals surface area contributed by atoms with Gasteiger partial charge in [-0.3, -0.25) is 4.57 Å². The lowest BCUT2D eigenvalue weighted by molar-refractivity contribution is 0.183. The second-order valence-electron chi connectivity index (χ2n) is 5.24. The molecule has 0 spiro atoms. The quantitative estimate of drug-likeness (QED) is 0.895. The molecule has 3 rings (SSSR count). The molecule has 0 bridgehead atoms. The summed E-state index contributed by atoms with van der Waals surface area (Å²) in [7, 11) is 0. The molecule has 1 aliphatic rings. The minimum atomic E-state index is -0.123. The van der Waals surface area contributed by atoms with Crippen LogP contribution in [0.4, 0.5) is 5.69 Å². The molecule has 2 aromatic rings. The highest BCUT2D eigenvalue weighted by Crippen LogP contribution is 2.20. The van der Waals surface area contributed by atoms with Crippen molar-refractivity contribution in [3.63, 3.8) is 0 Å². The molecule has 0 radical (unpaired) electrons. The first kappa shape index (κ1) is 13.0. The number of imidazole rings is 1. The molecule has 5 nitrogen and oxygen atoms in total. The van der Waals surface area contributed by atoms with Crippen molar-refractivity contribution in [1.29, 1.82) is 0 Å². The van der Waals surface area contributed by atoms with Gasteiger partial charge in [-0.1, -0.05) is 0 Å². The number of nitrogens with one attached hydrogen (secondary N) is 2. The molecule has 1 aliphatic heterocycles. The highest BCUT2D eigenvalue weighted by Gasteiger charge is 2.21. The highest BCUT2D eigenvalue weighted by atomic mass is 16.5. The van der Waals surface area contributed by atoms with Gasteiger partial charge < -0.3 is 15.0 Å². The number of hydrogen-bond acceptors (Lipinski definition) is 3. The Labute approximate surface area is 117 Å². The standard InChI is InChI=1S/C15H19N3O2/c1-11(12-6-9-20-10-12)17-13-2-4-14(5-3-13)18-8-7-16-15(18)19/h2-5,7-8,11-12,17H,6,9-10H2,1H3,(H,16,19). The summed E-state index contributed by atoms with van der Waals surface area (Å²) in [4.78, 5) is 14.2. The van der Waals surface area contributed by atoms with Gasteiger partial charge in [0, 0.05) is 36.6 Å². The Kier molecular flexibility index (Phi) is 3.60. The van der Waals surface area contributed by atoms with E-state index in [-0.39, 0.29) is 5.69 Å². The molecular formula is C15H19N3O2. The topological polar surface area (TPSA) is 59.0 Å². The fraction of sp³-hybridized carbons (Fsp3) is 0.400. The first-order chi connectivity index (χ1) is 9.74. The predicted octanol–water partition coefficient (Wildman–Crippen LogP) is 2.00. The number of ether oxygens (including phenoxy) is 1. The van der Waals surface area contributed by atoms with Crippen LogP contribution in [0.25, 0.3) is 5.69 Å². The van der Waals surface area contributed by atoms with Crippen LogP contribution in [0.3, 0.4) is 0 Å². The SMILES string of the molecule is CC(Nc1ccc(-n2cc[nH]c2=O)cc1)C1CCOC1. The van der Waals surface area contributed by atoms with Crippen molar-refractivity contribution in [1.82, 2.24) is 9.55 Å². The van der Waals surface area contributed by atoms with E-state index < -0.39 is 0 Å². The normalized spacial score (nSPS) is 19.9. The lowest BCUT2D eigenvalue weighted by atomic mass is 10.0. The van der Waals surface area contributed by atoms with E-state index in [0.29, 0.717) is 12.0 Å². The number of aromatic nitrogens is 2. The molecule has 2 N–H and O–H groups in total. The van der Waals surface area contributed by atoms with Crippen LogP contribution in [0.5, 0.6) is 0 Å². The maximum absolute atomic E-state index is 11.5. The zero-order valence-electron chi connectivity index (χ0n) is 11.5. The molecule has 2 heterocycles. The van der Waals surface area contributed by atoms with Crippen molar-refractivity contribution < 1.29 is 4.74 Å². The van der Waals surface area contributed by atoms with Crippen LogP contribution in [0, 0.1) is 5.92 Å². The van der Waals surface area contributed by atoms with Gasteiger partial charge in [-0.2, -0.15) is 0 Å². The number of rotatable bonds is 4. The minimum absolute atomic E-state index is 0.123. The number of benzene rings is 1. The lowest BCUT2D eigenvalue weighted by Gasteiger charge is -2.20. The minimum Gasteiger partial charge on any atom is -0.382 e. The number of nitrogens with zero attached hydrogens (tertiary/aromatic N) is 1. The van der Waals surface area contributed by atoms with Gasteiger partial charge in [0.25, 0.3) is 0 Å². The number of H-pyrrole nitrogens is 1. The largest absolute Gasteiger partial charge is 0.382 e. The van der Waals surface area contributed by atoms with Gasteiger partial charge in [0.15, 0.2) is 0 Å². The molecule has 5 heteroatoms. The number of hydrogen-bond donors (Lipinski definition) is 2. The molecule has 1 aromatic carbocycles. The Morgan fingerprint density at radius 2 is 2.20 bits per heavy atom. The van der Waals surface area contributed by atoms with Gasteiger partial charge in [-0.15, -0.1) is 0 Å². The van der Waals surface area contributed by atoms with E-state index in [1.165, 1.54) is 0 Å². The van der Waals surface area contributed by atoms with Gasteiger partial charge in [-0.05, 0) is 37.6 Å². The zero-order valence-corrected chi connectivity index (χ0v) is 11.5. The van der Waals surface area contributed by atoms with Crippen molar-refractivity contribution in [2.24, 2.45) is 5.92 Å². The van der Waals surface area contributed by atoms with Crippen LogP contribution in [-0.2, 0) is 4.74 Å². The Hall–Kier alpha value is -2.01. The molecule has 20 heavy (non-hydrogen) atoms. The van der Waals surface area contributed by atoms with E-state index in [4.69, 9.17) is 4.74 Å². The molecule has 1 aromatic heterocycles. The summed E-state index contributed by atoms with van der Waals surface area (Å²) in [5, 5.41) is 3.50. The van der Waals surface area contributed by atoms with Crippen LogP contribution in [0.2, 0.25) is 0 Å². The third-order valence-corrected chi connectivity index (χ3v) is 3.86. The molecule has 1 saturated heterocycles. The Balaban J connectivity index is 1.70. The smallest absolute Gasteiger partial charge is 0.330 e. The van der Waals surface area contributed by atoms with E-state index in [1.54, 1.807) is 17.0 Å². The van der Waals surface area contributed by atoms with E-state index in [2.05, 4.69) is 17.2 Å². The van der Waals surface area contributed by atoms with Crippen LogP contribution in [-0.4, -0.2) is 28.8 Å². The Morgan fingerprint density at radius 3 is 2.80 bits per heavy atom. The molecule has 2 unspecified atom stereocenters. The molecule has 106 valence electrons. The summed E-state index contributed by atoms with van der Waals surface area (Å²) < 4.78 is 7.00. The van der Waals surface area contributed by atoms with E-state index in [9.17, 15) is 4.79 Å². The average Bonchev–Trinajstić information content (AvgIpc) is 3.11. The highest BCUT2D eigenvalue weighted by molar-refractivity contribution is 5.49. The summed E-state index contributed by atoms with van der Waals surface area (Å²) in [5.41, 5.74) is 1.80. The van der Waals surface area contributed by atoms with Gasteiger partial charge in [0.2, 0.25) is 0 Å². The van der Waals surface area contributed by atoms with E-state index in [0.717, 1.165) is 31.0 Å². The second kappa shape index (κ2) is 5.54.